The second kappa shape index (κ2) is 47.5. The number of aryl methyl sites for hydroxylation is 1. The molecule has 4 aliphatic heterocycles. The summed E-state index contributed by atoms with van der Waals surface area (Å²) in [6.07, 6.45) is 12.7. The van der Waals surface area contributed by atoms with Crippen LogP contribution in [0.25, 0.3) is 22.8 Å². The fourth-order valence-electron chi connectivity index (χ4n) is 15.0. The zero-order chi connectivity index (χ0) is 97.1. The maximum atomic E-state index is 12.3. The van der Waals surface area contributed by atoms with Crippen molar-refractivity contribution < 1.29 is 23.9 Å². The molecule has 1 unspecified atom stereocenters. The molecule has 712 valence electrons. The lowest BCUT2D eigenvalue weighted by molar-refractivity contribution is 0.0198. The summed E-state index contributed by atoms with van der Waals surface area (Å²) in [4.78, 5) is 56.9. The lowest BCUT2D eigenvalue weighted by Crippen LogP contribution is -2.46. The van der Waals surface area contributed by atoms with Crippen molar-refractivity contribution in [1.82, 2.24) is 84.6 Å². The van der Waals surface area contributed by atoms with E-state index in [1.54, 1.807) is 23.7 Å². The number of benzene rings is 8. The minimum atomic E-state index is 0.110. The number of hydrogen-bond acceptors (Lipinski definition) is 15. The van der Waals surface area contributed by atoms with E-state index < -0.39 is 0 Å². The summed E-state index contributed by atoms with van der Waals surface area (Å²) in [5.41, 5.74) is 21.2. The van der Waals surface area contributed by atoms with Gasteiger partial charge < -0.3 is 34.1 Å². The molecular weight excluding hydrogens is 1650 g/mol. The molecule has 0 radical (unpaired) electrons. The number of H-pyrrole nitrogens is 1. The van der Waals surface area contributed by atoms with Crippen LogP contribution < -0.4 is 5.32 Å². The van der Waals surface area contributed by atoms with Crippen LogP contribution in [0.5, 0.6) is 0 Å². The highest BCUT2D eigenvalue weighted by atomic mass is 16.5. The number of imidazole rings is 1. The Morgan fingerprint density at radius 3 is 1.08 bits per heavy atom. The summed E-state index contributed by atoms with van der Waals surface area (Å²) in [5, 5.41) is 25.3. The third kappa shape index (κ3) is 33.3. The van der Waals surface area contributed by atoms with Gasteiger partial charge in [-0.25, -0.2) is 24.3 Å². The molecule has 1 atom stereocenters. The summed E-state index contributed by atoms with van der Waals surface area (Å²) in [7, 11) is 0. The molecule has 12 aromatic rings. The quantitative estimate of drug-likeness (QED) is 0.130. The van der Waals surface area contributed by atoms with Crippen LogP contribution in [-0.2, 0) is 59.3 Å². The van der Waals surface area contributed by atoms with E-state index in [2.05, 4.69) is 363 Å². The minimum Gasteiger partial charge on any atom is -0.379 e. The highest BCUT2D eigenvalue weighted by Crippen LogP contribution is 2.32. The Kier molecular flexibility index (Phi) is 37.6. The lowest BCUT2D eigenvalue weighted by Gasteiger charge is -2.32. The molecule has 4 aliphatic rings. The van der Waals surface area contributed by atoms with Crippen molar-refractivity contribution in [3.63, 3.8) is 0 Å². The predicted octanol–water partition coefficient (Wildman–Crippen LogP) is 21.9. The van der Waals surface area contributed by atoms with Gasteiger partial charge in [0, 0.05) is 106 Å². The smallest absolute Gasteiger partial charge is 0.254 e. The van der Waals surface area contributed by atoms with Gasteiger partial charge in [0.1, 0.15) is 25.3 Å². The second-order valence-electron chi connectivity index (χ2n) is 43.1. The number of hydrogen-bond donors (Lipinski definition) is 2. The van der Waals surface area contributed by atoms with Crippen molar-refractivity contribution in [1.29, 1.82) is 0 Å². The molecule has 22 heteroatoms. The van der Waals surface area contributed by atoms with Gasteiger partial charge in [0.05, 0.1) is 50.7 Å². The van der Waals surface area contributed by atoms with E-state index in [0.29, 0.717) is 38.2 Å². The predicted molar refractivity (Wildman–Crippen MR) is 542 cm³/mol. The first kappa shape index (κ1) is 105. The third-order valence-electron chi connectivity index (χ3n) is 24.1. The van der Waals surface area contributed by atoms with Crippen LogP contribution in [0.3, 0.4) is 0 Å². The summed E-state index contributed by atoms with van der Waals surface area (Å²) in [5.74, 6) is 1.08. The topological polar surface area (TPSA) is 228 Å². The number of morpholine rings is 2. The maximum Gasteiger partial charge on any atom is 0.254 e. The number of piperazine rings is 1. The molecule has 0 bridgehead atoms. The van der Waals surface area contributed by atoms with E-state index in [-0.39, 0.29) is 61.0 Å². The Labute approximate surface area is 795 Å². The summed E-state index contributed by atoms with van der Waals surface area (Å²) < 4.78 is 16.3. The molecule has 0 spiro atoms. The van der Waals surface area contributed by atoms with Gasteiger partial charge in [-0.05, 0) is 192 Å². The molecular formula is C111H153N17O5. The third-order valence-corrected chi connectivity index (χ3v) is 24.1. The number of rotatable bonds is 10. The average Bonchev–Trinajstić information content (AvgIpc) is 1.77. The van der Waals surface area contributed by atoms with Crippen LogP contribution in [-0.4, -0.2) is 189 Å². The molecule has 3 amide bonds. The fraction of sp³-hybridized carbons (Fsp3) is 0.468. The van der Waals surface area contributed by atoms with Gasteiger partial charge in [0.25, 0.3) is 17.7 Å². The molecule has 4 fully saturated rings. The molecule has 8 heterocycles. The number of likely N-dealkylation sites (tertiary alicyclic amines) is 1. The number of aromatic amines is 1. The van der Waals surface area contributed by atoms with Crippen LogP contribution in [0, 0.1) is 6.92 Å². The molecule has 0 aliphatic carbocycles. The normalized spacial score (nSPS) is 14.7. The van der Waals surface area contributed by atoms with Gasteiger partial charge in [0.2, 0.25) is 5.82 Å². The Morgan fingerprint density at radius 1 is 0.383 bits per heavy atom. The van der Waals surface area contributed by atoms with Crippen LogP contribution in [0.2, 0.25) is 0 Å². The Balaban J connectivity index is 0.000000171. The Hall–Kier alpha value is -11.4. The SMILES string of the molecule is CC(C)(C)c1ccc(-c2nn[nH]n2)cc1.CC(C)(C)c1ccc(-n2cncn2)cc1.CC(C)(C)c1ccc(C(=O)N2CCCC2)cc1.CC(C)(C)c1ccc(C(=O)N2CCNCC2)cc1.CC(C)(C)c1ccc(C(=O)N2CCOCC2)cc1.CC(C)(C)c1ccc(Cn2cncn2)cc1.CC(c1ccc(C(C)(C)C)cc1)N1CCOCC1.Cc1cn(-c2ccc(C(C)(C)C)cc2)cn1. The Bertz CT molecular complexity index is 5230. The molecule has 4 aromatic heterocycles. The summed E-state index contributed by atoms with van der Waals surface area (Å²) >= 11 is 0. The highest BCUT2D eigenvalue weighted by molar-refractivity contribution is 5.95. The van der Waals surface area contributed by atoms with Crippen molar-refractivity contribution in [3.05, 3.63) is 310 Å². The maximum absolute atomic E-state index is 12.3. The van der Waals surface area contributed by atoms with Crippen molar-refractivity contribution >= 4 is 17.7 Å². The Morgan fingerprint density at radius 2 is 0.729 bits per heavy atom. The van der Waals surface area contributed by atoms with Gasteiger partial charge in [-0.1, -0.05) is 300 Å². The van der Waals surface area contributed by atoms with E-state index in [4.69, 9.17) is 9.47 Å². The van der Waals surface area contributed by atoms with Gasteiger partial charge in [-0.15, -0.1) is 10.2 Å². The van der Waals surface area contributed by atoms with Gasteiger partial charge in [-0.3, -0.25) is 19.3 Å². The molecule has 4 saturated heterocycles. The van der Waals surface area contributed by atoms with Crippen LogP contribution in [0.15, 0.2) is 232 Å². The van der Waals surface area contributed by atoms with E-state index >= 15 is 0 Å². The van der Waals surface area contributed by atoms with Gasteiger partial charge >= 0.3 is 0 Å². The monoisotopic (exact) mass is 1800 g/mol. The number of ether oxygens (including phenoxy) is 2. The van der Waals surface area contributed by atoms with Gasteiger partial charge in [0.15, 0.2) is 0 Å². The zero-order valence-electron chi connectivity index (χ0n) is 84.8. The van der Waals surface area contributed by atoms with Crippen molar-refractivity contribution in [2.24, 2.45) is 0 Å². The number of carbonyl (C=O) groups excluding carboxylic acids is 3. The molecule has 133 heavy (non-hydrogen) atoms. The number of amides is 3. The second-order valence-corrected chi connectivity index (χ2v) is 43.1. The molecule has 22 nitrogen and oxygen atoms in total. The first-order valence-corrected chi connectivity index (χ1v) is 47.3. The minimum absolute atomic E-state index is 0.110. The first-order valence-electron chi connectivity index (χ1n) is 47.3. The standard InChI is InChI=1S/C16H25NO.C15H22N2O.C15H21NO2.C15H21NO.C14H18N2.C13H17N3.C12H15N3.C11H14N4/c1-13(17-9-11-18-12-10-17)14-5-7-15(8-6-14)16(2,3)4;1-15(2,3)13-6-4-12(5-7-13)14(18)17-10-8-16-9-11-17;1-15(2,3)13-6-4-12(5-7-13)14(17)16-8-10-18-11-9-16;1-15(2,3)13-8-6-12(7-9-13)14(17)16-10-4-5-11-16;1-11-9-16(10-15-11)13-7-5-12(6-8-13)14(2,3)4;1-13(2,3)12-6-4-11(5-7-12)8-16-10-14-9-15-16;1-12(2,3)10-4-6-11(7-5-10)15-9-13-8-14-15;1-11(2,3)9-6-4-8(5-7-9)10-12-14-15-13-10/h5-8,13H,9-12H2,1-4H3;4-7,16H,8-11H2,1-3H3;4-7H,8-11H2,1-3H3;6-9H,4-5,10-11H2,1-3H3;5-10H,1-4H3;4-7,9-10H,8H2,1-3H3;4-9H,1-3H3;4-7H,1-3H3,(H,12,13,14,15). The largest absolute Gasteiger partial charge is 0.379 e. The fourth-order valence-corrected chi connectivity index (χ4v) is 15.0. The average molecular weight is 1810 g/mol. The molecule has 8 aromatic carbocycles. The van der Waals surface area contributed by atoms with E-state index in [9.17, 15) is 14.4 Å². The lowest BCUT2D eigenvalue weighted by atomic mass is 9.86. The first-order chi connectivity index (χ1) is 62.6. The van der Waals surface area contributed by atoms with Crippen molar-refractivity contribution in [3.8, 4) is 22.8 Å². The van der Waals surface area contributed by atoms with E-state index in [0.717, 1.165) is 124 Å². The molecule has 0 saturated carbocycles. The van der Waals surface area contributed by atoms with Crippen LogP contribution in [0.4, 0.5) is 0 Å². The summed E-state index contributed by atoms with van der Waals surface area (Å²) in [6, 6.07) is 67.6. The van der Waals surface area contributed by atoms with Crippen molar-refractivity contribution in [2.75, 3.05) is 91.9 Å². The van der Waals surface area contributed by atoms with Crippen molar-refractivity contribution in [2.45, 2.75) is 249 Å². The van der Waals surface area contributed by atoms with E-state index in [1.165, 1.54) is 62.0 Å². The van der Waals surface area contributed by atoms with Gasteiger partial charge in [-0.2, -0.15) is 15.4 Å². The number of nitrogens with zero attached hydrogens (tertiary/aromatic N) is 15. The summed E-state index contributed by atoms with van der Waals surface area (Å²) in [6.45, 7) is 69.7. The number of nitrogens with one attached hydrogen (secondary N) is 2. The molecule has 16 rings (SSSR count). The van der Waals surface area contributed by atoms with Crippen LogP contribution in [0.1, 0.15) is 284 Å². The number of carbonyl (C=O) groups is 3. The number of aromatic nitrogens is 12. The number of tetrazole rings is 1. The highest BCUT2D eigenvalue weighted by Gasteiger charge is 2.27. The molecule has 2 N–H and O–H groups in total. The zero-order valence-corrected chi connectivity index (χ0v) is 84.8. The van der Waals surface area contributed by atoms with E-state index in [1.807, 2.05) is 104 Å². The van der Waals surface area contributed by atoms with Crippen LogP contribution >= 0.6 is 0 Å².